The van der Waals surface area contributed by atoms with Crippen molar-refractivity contribution >= 4 is 40.3 Å². The lowest BCUT2D eigenvalue weighted by atomic mass is 9.93. The first-order valence-corrected chi connectivity index (χ1v) is 12.7. The second-order valence-electron chi connectivity index (χ2n) is 10.3. The third-order valence-electron chi connectivity index (χ3n) is 6.18. The van der Waals surface area contributed by atoms with Crippen LogP contribution in [-0.4, -0.2) is 63.7 Å². The summed E-state index contributed by atoms with van der Waals surface area (Å²) >= 11 is 0. The summed E-state index contributed by atoms with van der Waals surface area (Å²) in [5, 5.41) is 14.6. The number of aromatic nitrogens is 3. The largest absolute Gasteiger partial charge is 0.442 e. The Morgan fingerprint density at radius 1 is 1.20 bits per heavy atom. The molecule has 0 spiro atoms. The maximum absolute atomic E-state index is 13.1. The summed E-state index contributed by atoms with van der Waals surface area (Å²) in [7, 11) is 1.64. The van der Waals surface area contributed by atoms with Crippen LogP contribution in [0.5, 0.6) is 5.75 Å². The highest BCUT2D eigenvalue weighted by Crippen LogP contribution is 2.26. The summed E-state index contributed by atoms with van der Waals surface area (Å²) < 4.78 is 35.2. The van der Waals surface area contributed by atoms with Gasteiger partial charge in [-0.2, -0.15) is 13.8 Å². The smallest absolute Gasteiger partial charge is 0.434 e. The van der Waals surface area contributed by atoms with Crippen LogP contribution in [-0.2, 0) is 4.74 Å². The highest BCUT2D eigenvalue weighted by molar-refractivity contribution is 6.14. The molecule has 212 valence electrons. The molecule has 1 fully saturated rings. The number of aromatic amines is 1. The van der Waals surface area contributed by atoms with Gasteiger partial charge in [-0.05, 0) is 64.7 Å². The van der Waals surface area contributed by atoms with E-state index in [1.165, 1.54) is 30.6 Å². The molecule has 0 atom stereocenters. The average molecular weight is 556 g/mol. The first-order valence-electron chi connectivity index (χ1n) is 12.7. The van der Waals surface area contributed by atoms with E-state index in [4.69, 9.17) is 10.1 Å². The molecule has 0 radical (unpaired) electrons. The number of carbonyl (C=O) groups excluding carboxylic acids is 2. The Morgan fingerprint density at radius 3 is 2.58 bits per heavy atom. The van der Waals surface area contributed by atoms with Gasteiger partial charge in [-0.25, -0.2) is 14.8 Å². The molecule has 4 N–H and O–H groups in total. The molecular formula is C27H31F2N7O4. The molecule has 2 heterocycles. The number of amides is 2. The number of carbonyl (C=O) groups is 2. The number of ether oxygens (including phenoxy) is 2. The van der Waals surface area contributed by atoms with E-state index in [2.05, 4.69) is 35.3 Å². The fraction of sp³-hybridized carbons (Fsp3) is 0.407. The van der Waals surface area contributed by atoms with Crippen LogP contribution < -0.4 is 15.4 Å². The van der Waals surface area contributed by atoms with Crippen LogP contribution in [0.4, 0.5) is 19.3 Å². The van der Waals surface area contributed by atoms with E-state index in [-0.39, 0.29) is 45.7 Å². The van der Waals surface area contributed by atoms with Gasteiger partial charge in [-0.15, -0.1) is 0 Å². The molecule has 1 aliphatic rings. The lowest BCUT2D eigenvalue weighted by molar-refractivity contribution is -0.0498. The van der Waals surface area contributed by atoms with Crippen LogP contribution in [0.25, 0.3) is 11.2 Å². The van der Waals surface area contributed by atoms with Gasteiger partial charge in [0.1, 0.15) is 22.6 Å². The molecule has 3 aromatic rings. The van der Waals surface area contributed by atoms with Crippen molar-refractivity contribution in [3.63, 3.8) is 0 Å². The molecule has 40 heavy (non-hydrogen) atoms. The van der Waals surface area contributed by atoms with Gasteiger partial charge in [0.25, 0.3) is 5.91 Å². The Labute approximate surface area is 229 Å². The zero-order valence-electron chi connectivity index (χ0n) is 22.6. The van der Waals surface area contributed by atoms with E-state index in [9.17, 15) is 18.4 Å². The molecular weight excluding hydrogens is 524 g/mol. The van der Waals surface area contributed by atoms with E-state index < -0.39 is 18.3 Å². The maximum Gasteiger partial charge on any atom is 0.434 e. The van der Waals surface area contributed by atoms with Crippen LogP contribution in [0.2, 0.25) is 0 Å². The Morgan fingerprint density at radius 2 is 1.93 bits per heavy atom. The minimum atomic E-state index is -3.01. The van der Waals surface area contributed by atoms with E-state index in [1.54, 1.807) is 27.8 Å². The summed E-state index contributed by atoms with van der Waals surface area (Å²) in [5.74, 6) is -0.457. The van der Waals surface area contributed by atoms with Crippen molar-refractivity contribution in [2.45, 2.75) is 64.7 Å². The summed E-state index contributed by atoms with van der Waals surface area (Å²) in [5.41, 5.74) is 1.86. The number of nitrogens with zero attached hydrogens (tertiary/aromatic N) is 3. The van der Waals surface area contributed by atoms with Crippen molar-refractivity contribution < 1.29 is 27.8 Å². The van der Waals surface area contributed by atoms with Gasteiger partial charge in [0, 0.05) is 36.2 Å². The van der Waals surface area contributed by atoms with Gasteiger partial charge >= 0.3 is 12.7 Å². The number of anilines is 1. The zero-order chi connectivity index (χ0) is 29.0. The van der Waals surface area contributed by atoms with Crippen molar-refractivity contribution in [3.8, 4) is 5.75 Å². The summed E-state index contributed by atoms with van der Waals surface area (Å²) in [6.45, 7) is 2.33. The average Bonchev–Trinajstić information content (AvgIpc) is 3.31. The minimum Gasteiger partial charge on any atom is -0.442 e. The minimum absolute atomic E-state index is 0.0879. The number of benzene rings is 1. The molecule has 0 saturated heterocycles. The predicted octanol–water partition coefficient (Wildman–Crippen LogP) is 5.07. The number of hydrogen-bond donors (Lipinski definition) is 4. The molecule has 1 aromatic carbocycles. The van der Waals surface area contributed by atoms with E-state index >= 15 is 0 Å². The molecule has 11 nitrogen and oxygen atoms in total. The van der Waals surface area contributed by atoms with Crippen LogP contribution in [0.3, 0.4) is 0 Å². The number of H-pyrrole nitrogens is 1. The number of fused-ring (bicyclic) bond motifs is 1. The monoisotopic (exact) mass is 555 g/mol. The fourth-order valence-electron chi connectivity index (χ4n) is 4.33. The molecule has 0 bridgehead atoms. The van der Waals surface area contributed by atoms with Crippen molar-refractivity contribution in [3.05, 3.63) is 47.4 Å². The van der Waals surface area contributed by atoms with E-state index in [0.717, 1.165) is 5.71 Å². The number of hydrogen-bond acceptors (Lipinski definition) is 8. The molecule has 13 heteroatoms. The first kappa shape index (κ1) is 28.6. The Kier molecular flexibility index (Phi) is 8.40. The van der Waals surface area contributed by atoms with E-state index in [1.807, 2.05) is 0 Å². The SMILES string of the molecule is CNc1ccc(OC(F)F)cc1C(=N)c1cnc2[nH]cc(C(=O)NC3CCC(=NC(=O)OC(C)(C)C)CC3)c2n1. The van der Waals surface area contributed by atoms with E-state index in [0.29, 0.717) is 37.0 Å². The Balaban J connectivity index is 1.48. The molecule has 0 unspecified atom stereocenters. The van der Waals surface area contributed by atoms with Crippen molar-refractivity contribution in [2.75, 3.05) is 12.4 Å². The predicted molar refractivity (Wildman–Crippen MR) is 146 cm³/mol. The Hall–Kier alpha value is -4.42. The van der Waals surface area contributed by atoms with Crippen LogP contribution >= 0.6 is 0 Å². The second kappa shape index (κ2) is 11.8. The normalized spacial score (nSPS) is 15.6. The van der Waals surface area contributed by atoms with Gasteiger partial charge < -0.3 is 25.1 Å². The first-order chi connectivity index (χ1) is 18.9. The number of halogens is 2. The zero-order valence-corrected chi connectivity index (χ0v) is 22.6. The lowest BCUT2D eigenvalue weighted by Crippen LogP contribution is -2.38. The van der Waals surface area contributed by atoms with Crippen molar-refractivity contribution in [1.29, 1.82) is 5.41 Å². The molecule has 2 amide bonds. The number of nitrogens with one attached hydrogen (secondary N) is 4. The lowest BCUT2D eigenvalue weighted by Gasteiger charge is -2.24. The third-order valence-corrected chi connectivity index (χ3v) is 6.18. The van der Waals surface area contributed by atoms with Gasteiger partial charge in [0.05, 0.1) is 17.5 Å². The van der Waals surface area contributed by atoms with Gasteiger partial charge in [-0.1, -0.05) is 0 Å². The molecule has 2 aromatic heterocycles. The van der Waals surface area contributed by atoms with Crippen LogP contribution in [0, 0.1) is 5.41 Å². The number of alkyl halides is 2. The van der Waals surface area contributed by atoms with Crippen LogP contribution in [0.1, 0.15) is 68.1 Å². The van der Waals surface area contributed by atoms with Gasteiger partial charge in [0.2, 0.25) is 0 Å². The van der Waals surface area contributed by atoms with Crippen LogP contribution in [0.15, 0.2) is 35.6 Å². The fourth-order valence-corrected chi connectivity index (χ4v) is 4.33. The van der Waals surface area contributed by atoms with Crippen molar-refractivity contribution in [1.82, 2.24) is 20.3 Å². The third kappa shape index (κ3) is 6.96. The maximum atomic E-state index is 13.1. The highest BCUT2D eigenvalue weighted by Gasteiger charge is 2.24. The van der Waals surface area contributed by atoms with Gasteiger partial charge in [-0.3, -0.25) is 10.2 Å². The Bertz CT molecular complexity index is 1450. The highest BCUT2D eigenvalue weighted by atomic mass is 19.3. The topological polar surface area (TPSA) is 154 Å². The van der Waals surface area contributed by atoms with Crippen molar-refractivity contribution in [2.24, 2.45) is 4.99 Å². The number of rotatable bonds is 7. The molecule has 1 aliphatic carbocycles. The summed E-state index contributed by atoms with van der Waals surface area (Å²) in [6.07, 6.45) is 4.60. The molecule has 1 saturated carbocycles. The summed E-state index contributed by atoms with van der Waals surface area (Å²) in [4.78, 5) is 40.9. The summed E-state index contributed by atoms with van der Waals surface area (Å²) in [6, 6.07) is 4.09. The quantitative estimate of drug-likeness (QED) is 0.297. The molecule has 4 rings (SSSR count). The standard InChI is InChI=1S/C27H31F2N7O4/c1-27(2,3)40-26(38)35-15-7-5-14(6-8-15)34-24(37)18-12-32-23-22(18)36-20(13-33-23)21(30)17-11-16(39-25(28)29)9-10-19(17)31-4/h9-14,25,30-31H,5-8H2,1-4H3,(H,32,33)(H,34,37). The number of aliphatic imine (C=N–C) groups is 1. The van der Waals surface area contributed by atoms with Gasteiger partial charge in [0.15, 0.2) is 5.65 Å². The second-order valence-corrected chi connectivity index (χ2v) is 10.3. The molecule has 0 aliphatic heterocycles.